The Balaban J connectivity index is 2.39. The molecule has 1 amide bonds. The predicted octanol–water partition coefficient (Wildman–Crippen LogP) is 2.03. The molecule has 6 heteroatoms. The highest BCUT2D eigenvalue weighted by Crippen LogP contribution is 2.20. The lowest BCUT2D eigenvalue weighted by Gasteiger charge is -2.06. The van der Waals surface area contributed by atoms with Gasteiger partial charge in [0.05, 0.1) is 18.7 Å². The van der Waals surface area contributed by atoms with Crippen LogP contribution in [0.1, 0.15) is 12.0 Å². The van der Waals surface area contributed by atoms with Gasteiger partial charge in [0.2, 0.25) is 5.88 Å². The number of nitrogens with one attached hydrogen (secondary N) is 1. The van der Waals surface area contributed by atoms with Gasteiger partial charge in [-0.15, -0.1) is 0 Å². The summed E-state index contributed by atoms with van der Waals surface area (Å²) >= 11 is 6.04. The largest absolute Gasteiger partial charge is 0.481 e. The van der Waals surface area contributed by atoms with Crippen molar-refractivity contribution in [2.45, 2.75) is 12.8 Å². The van der Waals surface area contributed by atoms with E-state index in [9.17, 15) is 4.79 Å². The minimum absolute atomic E-state index is 0.349. The Bertz CT molecular complexity index is 385. The molecular formula is C11H15ClN2O3. The van der Waals surface area contributed by atoms with Crippen molar-refractivity contribution >= 4 is 17.7 Å². The van der Waals surface area contributed by atoms with Crippen molar-refractivity contribution in [3.63, 3.8) is 0 Å². The molecular weight excluding hydrogens is 244 g/mol. The molecule has 0 spiro atoms. The van der Waals surface area contributed by atoms with E-state index in [1.165, 1.54) is 14.2 Å². The number of rotatable bonds is 5. The van der Waals surface area contributed by atoms with Gasteiger partial charge in [-0.05, 0) is 18.4 Å². The number of aryl methyl sites for hydroxylation is 1. The smallest absolute Gasteiger partial charge is 0.406 e. The number of halogens is 1. The van der Waals surface area contributed by atoms with Crippen LogP contribution in [-0.4, -0.2) is 31.8 Å². The molecule has 0 radical (unpaired) electrons. The standard InChI is InChI=1S/C11H15ClN2O3/c1-13-11(15)17-5-3-4-8-7-14-10(16-2)6-9(8)12/h6-7H,3-5H2,1-2H3,(H,13,15). The number of pyridine rings is 1. The monoisotopic (exact) mass is 258 g/mol. The van der Waals surface area contributed by atoms with Crippen LogP contribution in [0.4, 0.5) is 4.79 Å². The second-order valence-electron chi connectivity index (χ2n) is 3.31. The molecule has 1 rings (SSSR count). The van der Waals surface area contributed by atoms with Crippen molar-refractivity contribution in [2.75, 3.05) is 20.8 Å². The summed E-state index contributed by atoms with van der Waals surface area (Å²) in [6.45, 7) is 0.349. The molecule has 0 bridgehead atoms. The molecule has 1 heterocycles. The van der Waals surface area contributed by atoms with Crippen LogP contribution in [0.3, 0.4) is 0 Å². The minimum Gasteiger partial charge on any atom is -0.481 e. The fraction of sp³-hybridized carbons (Fsp3) is 0.455. The van der Waals surface area contributed by atoms with E-state index >= 15 is 0 Å². The van der Waals surface area contributed by atoms with Crippen LogP contribution in [0, 0.1) is 0 Å². The summed E-state index contributed by atoms with van der Waals surface area (Å²) < 4.78 is 9.81. The van der Waals surface area contributed by atoms with Gasteiger partial charge in [-0.1, -0.05) is 11.6 Å². The Labute approximate surface area is 105 Å². The molecule has 1 N–H and O–H groups in total. The average Bonchev–Trinajstić information content (AvgIpc) is 2.35. The van der Waals surface area contributed by atoms with E-state index in [4.69, 9.17) is 21.1 Å². The summed E-state index contributed by atoms with van der Waals surface area (Å²) in [6.07, 6.45) is 2.64. The lowest BCUT2D eigenvalue weighted by molar-refractivity contribution is 0.147. The highest BCUT2D eigenvalue weighted by Gasteiger charge is 2.04. The van der Waals surface area contributed by atoms with Crippen LogP contribution >= 0.6 is 11.6 Å². The maximum absolute atomic E-state index is 10.8. The number of alkyl carbamates (subject to hydrolysis) is 1. The lowest BCUT2D eigenvalue weighted by atomic mass is 10.2. The van der Waals surface area contributed by atoms with Gasteiger partial charge in [0, 0.05) is 19.3 Å². The van der Waals surface area contributed by atoms with E-state index in [2.05, 4.69) is 10.3 Å². The van der Waals surface area contributed by atoms with Crippen molar-refractivity contribution in [1.29, 1.82) is 0 Å². The van der Waals surface area contributed by atoms with Crippen LogP contribution in [0.5, 0.6) is 5.88 Å². The fourth-order valence-electron chi connectivity index (χ4n) is 1.24. The van der Waals surface area contributed by atoms with E-state index in [-0.39, 0.29) is 0 Å². The molecule has 0 aromatic carbocycles. The van der Waals surface area contributed by atoms with Crippen LogP contribution in [0.15, 0.2) is 12.3 Å². The SMILES string of the molecule is CNC(=O)OCCCc1cnc(OC)cc1Cl. The number of carbonyl (C=O) groups excluding carboxylic acids is 1. The van der Waals surface area contributed by atoms with Gasteiger partial charge in [0.15, 0.2) is 0 Å². The number of methoxy groups -OCH3 is 1. The second kappa shape index (κ2) is 6.96. The maximum Gasteiger partial charge on any atom is 0.406 e. The van der Waals surface area contributed by atoms with Crippen LogP contribution in [0.2, 0.25) is 5.02 Å². The lowest BCUT2D eigenvalue weighted by Crippen LogP contribution is -2.19. The summed E-state index contributed by atoms with van der Waals surface area (Å²) in [5.74, 6) is 0.486. The summed E-state index contributed by atoms with van der Waals surface area (Å²) in [5, 5.41) is 2.98. The van der Waals surface area contributed by atoms with Crippen LogP contribution < -0.4 is 10.1 Å². The molecule has 17 heavy (non-hydrogen) atoms. The third-order valence-corrected chi connectivity index (χ3v) is 2.49. The summed E-state index contributed by atoms with van der Waals surface area (Å²) in [7, 11) is 3.06. The fourth-order valence-corrected chi connectivity index (χ4v) is 1.47. The van der Waals surface area contributed by atoms with Crippen molar-refractivity contribution in [1.82, 2.24) is 10.3 Å². The Morgan fingerprint density at radius 1 is 1.59 bits per heavy atom. The minimum atomic E-state index is -0.427. The summed E-state index contributed by atoms with van der Waals surface area (Å²) in [6, 6.07) is 1.66. The number of nitrogens with zero attached hydrogens (tertiary/aromatic N) is 1. The molecule has 5 nitrogen and oxygen atoms in total. The zero-order valence-electron chi connectivity index (χ0n) is 9.83. The third kappa shape index (κ3) is 4.48. The Morgan fingerprint density at radius 2 is 2.35 bits per heavy atom. The second-order valence-corrected chi connectivity index (χ2v) is 3.71. The zero-order chi connectivity index (χ0) is 12.7. The number of aromatic nitrogens is 1. The van der Waals surface area contributed by atoms with Gasteiger partial charge in [0.1, 0.15) is 0 Å². The first kappa shape index (κ1) is 13.6. The molecule has 0 saturated heterocycles. The number of hydrogen-bond acceptors (Lipinski definition) is 4. The topological polar surface area (TPSA) is 60.5 Å². The highest BCUT2D eigenvalue weighted by atomic mass is 35.5. The molecule has 0 aliphatic heterocycles. The highest BCUT2D eigenvalue weighted by molar-refractivity contribution is 6.31. The number of carbonyl (C=O) groups is 1. The molecule has 1 aromatic rings. The molecule has 0 aliphatic rings. The average molecular weight is 259 g/mol. The quantitative estimate of drug-likeness (QED) is 0.821. The van der Waals surface area contributed by atoms with Gasteiger partial charge in [-0.25, -0.2) is 9.78 Å². The van der Waals surface area contributed by atoms with Crippen molar-refractivity contribution in [3.8, 4) is 5.88 Å². The van der Waals surface area contributed by atoms with Gasteiger partial charge in [-0.3, -0.25) is 0 Å². The van der Waals surface area contributed by atoms with Gasteiger partial charge >= 0.3 is 6.09 Å². The number of hydrogen-bond donors (Lipinski definition) is 1. The summed E-state index contributed by atoms with van der Waals surface area (Å²) in [5.41, 5.74) is 0.910. The third-order valence-electron chi connectivity index (χ3n) is 2.14. The van der Waals surface area contributed by atoms with Crippen LogP contribution in [-0.2, 0) is 11.2 Å². The molecule has 0 fully saturated rings. The first-order valence-electron chi connectivity index (χ1n) is 5.20. The zero-order valence-corrected chi connectivity index (χ0v) is 10.6. The normalized spacial score (nSPS) is 9.82. The van der Waals surface area contributed by atoms with E-state index in [0.717, 1.165) is 5.56 Å². The molecule has 0 saturated carbocycles. The Morgan fingerprint density at radius 3 is 2.94 bits per heavy atom. The van der Waals surface area contributed by atoms with Crippen LogP contribution in [0.25, 0.3) is 0 Å². The van der Waals surface area contributed by atoms with Gasteiger partial charge < -0.3 is 14.8 Å². The number of amides is 1. The van der Waals surface area contributed by atoms with E-state index in [0.29, 0.717) is 30.4 Å². The van der Waals surface area contributed by atoms with Crippen molar-refractivity contribution in [3.05, 3.63) is 22.8 Å². The Kier molecular flexibility index (Phi) is 5.56. The Hall–Kier alpha value is -1.49. The van der Waals surface area contributed by atoms with Gasteiger partial charge in [-0.2, -0.15) is 0 Å². The maximum atomic E-state index is 10.8. The first-order chi connectivity index (χ1) is 8.17. The van der Waals surface area contributed by atoms with E-state index < -0.39 is 6.09 Å². The van der Waals surface area contributed by atoms with Crippen molar-refractivity contribution < 1.29 is 14.3 Å². The molecule has 0 unspecified atom stereocenters. The molecule has 0 aliphatic carbocycles. The predicted molar refractivity (Wildman–Crippen MR) is 64.5 cm³/mol. The summed E-state index contributed by atoms with van der Waals surface area (Å²) in [4.78, 5) is 14.8. The van der Waals surface area contributed by atoms with E-state index in [1.54, 1.807) is 12.3 Å². The molecule has 1 aromatic heterocycles. The van der Waals surface area contributed by atoms with Crippen molar-refractivity contribution in [2.24, 2.45) is 0 Å². The number of ether oxygens (including phenoxy) is 2. The molecule has 0 atom stereocenters. The van der Waals surface area contributed by atoms with E-state index in [1.807, 2.05) is 0 Å². The van der Waals surface area contributed by atoms with Gasteiger partial charge in [0.25, 0.3) is 0 Å². The molecule has 94 valence electrons. The first-order valence-corrected chi connectivity index (χ1v) is 5.58.